The molecule has 3 aromatic rings. The molecule has 0 unspecified atom stereocenters. The molecule has 2 N–H and O–H groups in total. The van der Waals surface area contributed by atoms with Crippen molar-refractivity contribution in [2.45, 2.75) is 37.8 Å². The molecule has 10 nitrogen and oxygen atoms in total. The predicted octanol–water partition coefficient (Wildman–Crippen LogP) is -0.407. The molecule has 0 atom stereocenters. The summed E-state index contributed by atoms with van der Waals surface area (Å²) in [6.07, 6.45) is 5.27. The van der Waals surface area contributed by atoms with E-state index >= 15 is 0 Å². The Bertz CT molecular complexity index is 1070. The van der Waals surface area contributed by atoms with E-state index in [1.807, 2.05) is 0 Å². The van der Waals surface area contributed by atoms with E-state index in [1.165, 1.54) is 17.9 Å². The normalized spacial score (nSPS) is 16.8. The van der Waals surface area contributed by atoms with Gasteiger partial charge >= 0.3 is 5.69 Å². The Morgan fingerprint density at radius 1 is 1.24 bits per heavy atom. The maximum absolute atomic E-state index is 12.4. The highest BCUT2D eigenvalue weighted by atomic mass is 16.5. The van der Waals surface area contributed by atoms with Crippen molar-refractivity contribution in [3.63, 3.8) is 0 Å². The van der Waals surface area contributed by atoms with Crippen LogP contribution in [0.2, 0.25) is 0 Å². The summed E-state index contributed by atoms with van der Waals surface area (Å²) in [4.78, 5) is 33.0. The number of aryl methyl sites for hydroxylation is 1. The molecule has 0 aliphatic heterocycles. The molecular formula is C15H19N7O3. The number of imidazole rings is 1. The molecule has 1 fully saturated rings. The largest absolute Gasteiger partial charge is 0.337 e. The third kappa shape index (κ3) is 2.32. The van der Waals surface area contributed by atoms with Gasteiger partial charge in [-0.25, -0.2) is 9.78 Å². The van der Waals surface area contributed by atoms with E-state index < -0.39 is 16.8 Å². The van der Waals surface area contributed by atoms with Crippen molar-refractivity contribution >= 4 is 11.2 Å². The fraction of sp³-hybridized carbons (Fsp3) is 0.533. The van der Waals surface area contributed by atoms with E-state index in [4.69, 9.17) is 10.3 Å². The third-order valence-electron chi connectivity index (χ3n) is 4.93. The molecule has 10 heteroatoms. The van der Waals surface area contributed by atoms with Crippen LogP contribution >= 0.6 is 0 Å². The summed E-state index contributed by atoms with van der Waals surface area (Å²) in [6.45, 7) is 0.188. The number of hydrogen-bond acceptors (Lipinski definition) is 7. The molecule has 3 heterocycles. The lowest BCUT2D eigenvalue weighted by molar-refractivity contribution is 0.345. The molecule has 1 aliphatic carbocycles. The maximum atomic E-state index is 12.4. The zero-order chi connectivity index (χ0) is 17.8. The van der Waals surface area contributed by atoms with Gasteiger partial charge in [0.2, 0.25) is 5.89 Å². The van der Waals surface area contributed by atoms with Crippen molar-refractivity contribution in [2.75, 3.05) is 0 Å². The summed E-state index contributed by atoms with van der Waals surface area (Å²) in [6, 6.07) is 0. The summed E-state index contributed by atoms with van der Waals surface area (Å²) in [5, 5.41) is 4.02. The lowest BCUT2D eigenvalue weighted by Crippen LogP contribution is -2.37. The lowest BCUT2D eigenvalue weighted by Gasteiger charge is -2.17. The lowest BCUT2D eigenvalue weighted by atomic mass is 9.99. The summed E-state index contributed by atoms with van der Waals surface area (Å²) < 4.78 is 9.31. The molecule has 25 heavy (non-hydrogen) atoms. The van der Waals surface area contributed by atoms with Crippen LogP contribution in [-0.4, -0.2) is 28.8 Å². The summed E-state index contributed by atoms with van der Waals surface area (Å²) in [7, 11) is 3.01. The van der Waals surface area contributed by atoms with Crippen LogP contribution in [0.1, 0.15) is 37.4 Å². The van der Waals surface area contributed by atoms with Crippen LogP contribution in [0.15, 0.2) is 20.4 Å². The van der Waals surface area contributed by atoms with Crippen molar-refractivity contribution in [1.82, 2.24) is 28.8 Å². The van der Waals surface area contributed by atoms with Crippen LogP contribution in [-0.2, 0) is 26.2 Å². The topological polar surface area (TPSA) is 127 Å². The zero-order valence-corrected chi connectivity index (χ0v) is 14.1. The minimum Gasteiger partial charge on any atom is -0.337 e. The number of aromatic nitrogens is 6. The Kier molecular flexibility index (Phi) is 3.39. The molecule has 132 valence electrons. The Morgan fingerprint density at radius 3 is 2.68 bits per heavy atom. The first-order valence-corrected chi connectivity index (χ1v) is 8.13. The number of hydrogen-bond donors (Lipinski definition) is 1. The first-order valence-electron chi connectivity index (χ1n) is 8.13. The van der Waals surface area contributed by atoms with Crippen LogP contribution in [0, 0.1) is 0 Å². The number of nitrogens with zero attached hydrogens (tertiary/aromatic N) is 6. The molecule has 0 aromatic carbocycles. The summed E-state index contributed by atoms with van der Waals surface area (Å²) in [5.41, 5.74) is 5.61. The molecule has 0 amide bonds. The quantitative estimate of drug-likeness (QED) is 0.684. The molecule has 3 aromatic heterocycles. The Hall–Kier alpha value is -2.75. The molecule has 1 aliphatic rings. The highest BCUT2D eigenvalue weighted by Crippen LogP contribution is 2.34. The Morgan fingerprint density at radius 2 is 1.96 bits per heavy atom. The second-order valence-electron chi connectivity index (χ2n) is 6.63. The van der Waals surface area contributed by atoms with Gasteiger partial charge in [0.15, 0.2) is 17.0 Å². The van der Waals surface area contributed by atoms with Gasteiger partial charge in [-0.3, -0.25) is 13.9 Å². The van der Waals surface area contributed by atoms with Gasteiger partial charge in [0.05, 0.1) is 11.9 Å². The van der Waals surface area contributed by atoms with E-state index in [0.29, 0.717) is 22.9 Å². The van der Waals surface area contributed by atoms with Gasteiger partial charge in [0.1, 0.15) is 6.54 Å². The highest BCUT2D eigenvalue weighted by Gasteiger charge is 2.36. The number of nitrogens with two attached hydrogens (primary N) is 1. The molecule has 1 saturated carbocycles. The van der Waals surface area contributed by atoms with E-state index in [2.05, 4.69) is 15.1 Å². The SMILES string of the molecule is Cn1c(=O)c2c(ncn2Cc2nc(C3(N)CCCC3)no2)n(C)c1=O. The van der Waals surface area contributed by atoms with Gasteiger partial charge in [-0.1, -0.05) is 18.0 Å². The van der Waals surface area contributed by atoms with Gasteiger partial charge in [0, 0.05) is 14.1 Å². The minimum absolute atomic E-state index is 0.188. The fourth-order valence-electron chi connectivity index (χ4n) is 3.41. The van der Waals surface area contributed by atoms with E-state index in [1.54, 1.807) is 11.6 Å². The summed E-state index contributed by atoms with van der Waals surface area (Å²) in [5.74, 6) is 0.853. The average Bonchev–Trinajstić information content (AvgIpc) is 3.32. The number of rotatable bonds is 3. The van der Waals surface area contributed by atoms with Crippen LogP contribution in [0.3, 0.4) is 0 Å². The smallest absolute Gasteiger partial charge is 0.332 e. The zero-order valence-electron chi connectivity index (χ0n) is 14.1. The van der Waals surface area contributed by atoms with Gasteiger partial charge in [-0.05, 0) is 12.8 Å². The Balaban J connectivity index is 1.74. The molecule has 0 radical (unpaired) electrons. The monoisotopic (exact) mass is 345 g/mol. The van der Waals surface area contributed by atoms with Crippen molar-refractivity contribution in [3.05, 3.63) is 38.9 Å². The highest BCUT2D eigenvalue weighted by molar-refractivity contribution is 5.70. The molecule has 0 bridgehead atoms. The van der Waals surface area contributed by atoms with Crippen LogP contribution in [0.25, 0.3) is 11.2 Å². The van der Waals surface area contributed by atoms with Crippen molar-refractivity contribution in [3.8, 4) is 0 Å². The second-order valence-corrected chi connectivity index (χ2v) is 6.63. The van der Waals surface area contributed by atoms with Gasteiger partial charge in [0.25, 0.3) is 5.56 Å². The van der Waals surface area contributed by atoms with E-state index in [9.17, 15) is 9.59 Å². The molecule has 0 saturated heterocycles. The minimum atomic E-state index is -0.529. The van der Waals surface area contributed by atoms with E-state index in [0.717, 1.165) is 30.3 Å². The maximum Gasteiger partial charge on any atom is 0.332 e. The predicted molar refractivity (Wildman–Crippen MR) is 87.9 cm³/mol. The fourth-order valence-corrected chi connectivity index (χ4v) is 3.41. The van der Waals surface area contributed by atoms with Gasteiger partial charge < -0.3 is 14.8 Å². The van der Waals surface area contributed by atoms with Crippen molar-refractivity contribution < 1.29 is 4.52 Å². The number of fused-ring (bicyclic) bond motifs is 1. The van der Waals surface area contributed by atoms with Crippen LogP contribution < -0.4 is 17.0 Å². The first kappa shape index (κ1) is 15.8. The molecule has 0 spiro atoms. The van der Waals surface area contributed by atoms with Crippen LogP contribution in [0.5, 0.6) is 0 Å². The average molecular weight is 345 g/mol. The van der Waals surface area contributed by atoms with E-state index in [-0.39, 0.29) is 6.54 Å². The first-order chi connectivity index (χ1) is 11.9. The molecular weight excluding hydrogens is 326 g/mol. The summed E-state index contributed by atoms with van der Waals surface area (Å²) >= 11 is 0. The third-order valence-corrected chi connectivity index (χ3v) is 4.93. The standard InChI is InChI=1S/C15H19N7O3/c1-20-11-10(12(23)21(2)14(20)24)22(8-17-11)7-9-18-13(19-25-9)15(16)5-3-4-6-15/h8H,3-7,16H2,1-2H3. The Labute approximate surface area is 141 Å². The van der Waals surface area contributed by atoms with Crippen molar-refractivity contribution in [1.29, 1.82) is 0 Å². The molecule has 4 rings (SSSR count). The second kappa shape index (κ2) is 5.38. The van der Waals surface area contributed by atoms with Crippen LogP contribution in [0.4, 0.5) is 0 Å². The van der Waals surface area contributed by atoms with Gasteiger partial charge in [-0.15, -0.1) is 0 Å². The van der Waals surface area contributed by atoms with Gasteiger partial charge in [-0.2, -0.15) is 4.98 Å². The van der Waals surface area contributed by atoms with Crippen molar-refractivity contribution in [2.24, 2.45) is 19.8 Å².